The lowest BCUT2D eigenvalue weighted by Gasteiger charge is -2.38. The second kappa shape index (κ2) is 16.2. The first-order valence-electron chi connectivity index (χ1n) is 21.0. The standard InChI is InChI=1S/C47H50Cl2N10O3/c1-26-19-32(20-27(2)42(26)48)62-18-10-13-34-33-11-9-12-35(41-28(3)51-39(52-29(41)4)23-57-17-16-54(6)40(60)24-57)43(33)58-30(5)45(49)59(47(61)44(34)58)38-22-55(7)37-15-14-31(21-36(37)38)46-50-25-56(8)53-46/h9,11-12,14-15,19-22,25,30,45H,10,13,16-18,23-24H2,1-8H3/t30?,45-/m0/s1. The number of aryl methyl sites for hydroxylation is 7. The summed E-state index contributed by atoms with van der Waals surface area (Å²) in [6.45, 7) is 12.8. The van der Waals surface area contributed by atoms with E-state index in [-0.39, 0.29) is 17.9 Å². The summed E-state index contributed by atoms with van der Waals surface area (Å²) >= 11 is 14.0. The van der Waals surface area contributed by atoms with Gasteiger partial charge in [0.1, 0.15) is 29.1 Å². The van der Waals surface area contributed by atoms with Crippen molar-refractivity contribution < 1.29 is 14.3 Å². The number of para-hydroxylation sites is 1. The van der Waals surface area contributed by atoms with Crippen molar-refractivity contribution in [2.45, 2.75) is 65.5 Å². The summed E-state index contributed by atoms with van der Waals surface area (Å²) in [5.74, 6) is 1.95. The van der Waals surface area contributed by atoms with Gasteiger partial charge in [0.2, 0.25) is 5.91 Å². The molecule has 1 unspecified atom stereocenters. The third kappa shape index (κ3) is 7.19. The number of carbonyl (C=O) groups is 2. The van der Waals surface area contributed by atoms with Gasteiger partial charge in [-0.05, 0) is 94.5 Å². The fraction of sp³-hybridized carbons (Fsp3) is 0.362. The number of halogens is 2. The number of aromatic nitrogens is 7. The van der Waals surface area contributed by atoms with Crippen LogP contribution in [0.5, 0.6) is 5.75 Å². The quantitative estimate of drug-likeness (QED) is 0.0765. The van der Waals surface area contributed by atoms with Gasteiger partial charge in [0.15, 0.2) is 5.82 Å². The van der Waals surface area contributed by atoms with Crippen molar-refractivity contribution in [3.63, 3.8) is 0 Å². The highest BCUT2D eigenvalue weighted by atomic mass is 35.5. The number of benzene rings is 3. The van der Waals surface area contributed by atoms with Gasteiger partial charge in [-0.25, -0.2) is 15.0 Å². The molecule has 2 aliphatic rings. The van der Waals surface area contributed by atoms with Crippen LogP contribution in [0, 0.1) is 27.7 Å². The van der Waals surface area contributed by atoms with E-state index in [1.165, 1.54) is 0 Å². The predicted molar refractivity (Wildman–Crippen MR) is 244 cm³/mol. The molecule has 1 saturated heterocycles. The van der Waals surface area contributed by atoms with E-state index in [2.05, 4.69) is 44.7 Å². The third-order valence-corrected chi connectivity index (χ3v) is 13.6. The van der Waals surface area contributed by atoms with Crippen molar-refractivity contribution in [3.8, 4) is 28.3 Å². The molecular weight excluding hydrogens is 823 g/mol. The Labute approximate surface area is 370 Å². The number of hydrogen-bond donors (Lipinski definition) is 0. The van der Waals surface area contributed by atoms with Crippen molar-refractivity contribution >= 4 is 62.5 Å². The normalized spacial score (nSPS) is 17.2. The summed E-state index contributed by atoms with van der Waals surface area (Å²) in [5.41, 5.74) is 9.66. The molecular formula is C47H50Cl2N10O3. The van der Waals surface area contributed by atoms with Crippen LogP contribution in [0.4, 0.5) is 5.69 Å². The van der Waals surface area contributed by atoms with Crippen LogP contribution >= 0.6 is 23.2 Å². The third-order valence-electron chi connectivity index (χ3n) is 12.4. The van der Waals surface area contributed by atoms with Gasteiger partial charge in [-0.3, -0.25) is 24.1 Å². The summed E-state index contributed by atoms with van der Waals surface area (Å²) in [7, 11) is 5.65. The first-order chi connectivity index (χ1) is 29.7. The zero-order valence-corrected chi connectivity index (χ0v) is 37.8. The van der Waals surface area contributed by atoms with Gasteiger partial charge >= 0.3 is 0 Å². The summed E-state index contributed by atoms with van der Waals surface area (Å²) in [6.07, 6.45) is 4.89. The summed E-state index contributed by atoms with van der Waals surface area (Å²) in [6, 6.07) is 15.9. The number of fused-ring (bicyclic) bond motifs is 4. The number of rotatable bonds is 10. The summed E-state index contributed by atoms with van der Waals surface area (Å²) in [4.78, 5) is 48.1. The molecule has 1 fully saturated rings. The van der Waals surface area contributed by atoms with E-state index in [1.807, 2.05) is 89.9 Å². The molecule has 15 heteroatoms. The molecule has 4 aromatic heterocycles. The highest BCUT2D eigenvalue weighted by Crippen LogP contribution is 2.46. The fourth-order valence-electron chi connectivity index (χ4n) is 9.32. The van der Waals surface area contributed by atoms with Gasteiger partial charge in [0, 0.05) is 89.8 Å². The van der Waals surface area contributed by atoms with Crippen LogP contribution in [0.25, 0.3) is 44.3 Å². The minimum absolute atomic E-state index is 0.0929. The van der Waals surface area contributed by atoms with Crippen molar-refractivity contribution in [2.24, 2.45) is 14.1 Å². The molecule has 2 aliphatic heterocycles. The zero-order chi connectivity index (χ0) is 43.7. The summed E-state index contributed by atoms with van der Waals surface area (Å²) in [5, 5.41) is 7.13. The van der Waals surface area contributed by atoms with E-state index in [9.17, 15) is 4.79 Å². The SMILES string of the molecule is Cc1cc(OCCCc2c3n(c4c(-c5c(C)nc(CN6CCN(C)C(=O)C6)nc5C)cccc24)C(C)[C@@H](Cl)N(c2cn(C)c4ccc(-c5ncn(C)n5)cc24)C3=O)cc(C)c1Cl. The number of ether oxygens (including phenoxy) is 1. The molecule has 9 rings (SSSR count). The molecule has 0 radical (unpaired) electrons. The highest BCUT2D eigenvalue weighted by Gasteiger charge is 2.42. The number of piperazine rings is 1. The lowest BCUT2D eigenvalue weighted by atomic mass is 9.97. The van der Waals surface area contributed by atoms with Crippen LogP contribution in [0.15, 0.2) is 61.1 Å². The van der Waals surface area contributed by atoms with Crippen LogP contribution in [0.3, 0.4) is 0 Å². The molecule has 0 aliphatic carbocycles. The Balaban J connectivity index is 1.15. The molecule has 2 amide bonds. The van der Waals surface area contributed by atoms with Crippen LogP contribution in [0.1, 0.15) is 63.8 Å². The Bertz CT molecular complexity index is 2890. The molecule has 0 spiro atoms. The van der Waals surface area contributed by atoms with E-state index in [0.29, 0.717) is 62.1 Å². The number of alkyl halides is 1. The van der Waals surface area contributed by atoms with Crippen LogP contribution in [-0.4, -0.2) is 94.3 Å². The first kappa shape index (κ1) is 41.6. The average Bonchev–Trinajstić information content (AvgIpc) is 3.92. The lowest BCUT2D eigenvalue weighted by Crippen LogP contribution is -2.48. The number of hydrogen-bond acceptors (Lipinski definition) is 8. The smallest absolute Gasteiger partial charge is 0.276 e. The molecule has 62 heavy (non-hydrogen) atoms. The van der Waals surface area contributed by atoms with Crippen molar-refractivity contribution in [1.82, 2.24) is 43.7 Å². The van der Waals surface area contributed by atoms with E-state index < -0.39 is 5.50 Å². The largest absolute Gasteiger partial charge is 0.494 e. The molecule has 6 heterocycles. The van der Waals surface area contributed by atoms with Crippen molar-refractivity contribution in [3.05, 3.63) is 106 Å². The Morgan fingerprint density at radius 2 is 1.66 bits per heavy atom. The molecule has 7 aromatic rings. The molecule has 2 atom stereocenters. The maximum Gasteiger partial charge on any atom is 0.276 e. The minimum Gasteiger partial charge on any atom is -0.494 e. The van der Waals surface area contributed by atoms with Gasteiger partial charge in [-0.15, -0.1) is 0 Å². The first-order valence-corrected chi connectivity index (χ1v) is 21.8. The van der Waals surface area contributed by atoms with Gasteiger partial charge in [0.05, 0.1) is 36.9 Å². The molecule has 0 saturated carbocycles. The number of likely N-dealkylation sites (N-methyl/N-ethyl adjacent to an activating group) is 1. The van der Waals surface area contributed by atoms with E-state index in [1.54, 1.807) is 20.8 Å². The van der Waals surface area contributed by atoms with Crippen LogP contribution < -0.4 is 9.64 Å². The number of carbonyl (C=O) groups excluding carboxylic acids is 2. The van der Waals surface area contributed by atoms with Crippen molar-refractivity contribution in [1.29, 1.82) is 0 Å². The van der Waals surface area contributed by atoms with Crippen LogP contribution in [0.2, 0.25) is 5.02 Å². The second-order valence-corrected chi connectivity index (χ2v) is 17.6. The van der Waals surface area contributed by atoms with Gasteiger partial charge in [-0.1, -0.05) is 41.4 Å². The maximum absolute atomic E-state index is 15.5. The fourth-order valence-corrected chi connectivity index (χ4v) is 9.74. The number of nitrogens with zero attached hydrogens (tertiary/aromatic N) is 10. The molecule has 0 bridgehead atoms. The van der Waals surface area contributed by atoms with Gasteiger partial charge in [-0.2, -0.15) is 5.10 Å². The Kier molecular flexibility index (Phi) is 10.8. The average molecular weight is 874 g/mol. The Morgan fingerprint density at radius 3 is 2.35 bits per heavy atom. The monoisotopic (exact) mass is 872 g/mol. The summed E-state index contributed by atoms with van der Waals surface area (Å²) < 4.78 is 12.2. The second-order valence-electron chi connectivity index (χ2n) is 16.8. The maximum atomic E-state index is 15.5. The molecule has 0 N–H and O–H groups in total. The number of anilines is 1. The number of amides is 2. The van der Waals surface area contributed by atoms with E-state index in [4.69, 9.17) is 37.9 Å². The lowest BCUT2D eigenvalue weighted by molar-refractivity contribution is -0.134. The van der Waals surface area contributed by atoms with Gasteiger partial charge in [0.25, 0.3) is 5.91 Å². The predicted octanol–water partition coefficient (Wildman–Crippen LogP) is 8.34. The minimum atomic E-state index is -0.736. The Hall–Kier alpha value is -5.76. The molecule has 320 valence electrons. The Morgan fingerprint density at radius 1 is 0.919 bits per heavy atom. The molecule has 3 aromatic carbocycles. The molecule has 13 nitrogen and oxygen atoms in total. The zero-order valence-electron chi connectivity index (χ0n) is 36.3. The van der Waals surface area contributed by atoms with Crippen LogP contribution in [-0.2, 0) is 31.9 Å². The topological polar surface area (TPSA) is 119 Å². The van der Waals surface area contributed by atoms with E-state index in [0.717, 1.165) is 83.9 Å². The van der Waals surface area contributed by atoms with Crippen molar-refractivity contribution in [2.75, 3.05) is 38.2 Å². The highest BCUT2D eigenvalue weighted by molar-refractivity contribution is 6.32. The van der Waals surface area contributed by atoms with Gasteiger partial charge < -0.3 is 18.8 Å². The van der Waals surface area contributed by atoms with E-state index >= 15 is 4.79 Å².